The number of pyridine rings is 1. The fourth-order valence-corrected chi connectivity index (χ4v) is 3.95. The number of nitrogens with one attached hydrogen (secondary N) is 1. The first-order valence-corrected chi connectivity index (χ1v) is 9.83. The van der Waals surface area contributed by atoms with Gasteiger partial charge in [0.1, 0.15) is 0 Å². The zero-order valence-corrected chi connectivity index (χ0v) is 14.8. The number of carbonyl (C=O) groups excluding carboxylic acids is 1. The fraction of sp³-hybridized carbons (Fsp3) is 0.625. The Hall–Kier alpha value is -1.63. The van der Waals surface area contributed by atoms with Crippen molar-refractivity contribution in [3.63, 3.8) is 0 Å². The average molecular weight is 339 g/mol. The Balaban J connectivity index is 2.02. The second-order valence-electron chi connectivity index (χ2n) is 6.56. The van der Waals surface area contributed by atoms with Crippen LogP contribution in [0.4, 0.5) is 4.79 Å². The molecular formula is C16H25N3O3S. The highest BCUT2D eigenvalue weighted by molar-refractivity contribution is 7.90. The molecule has 0 bridgehead atoms. The second kappa shape index (κ2) is 7.29. The first-order chi connectivity index (χ1) is 10.8. The van der Waals surface area contributed by atoms with Gasteiger partial charge in [-0.2, -0.15) is 0 Å². The summed E-state index contributed by atoms with van der Waals surface area (Å²) >= 11 is 0. The number of sulfone groups is 1. The van der Waals surface area contributed by atoms with Gasteiger partial charge < -0.3 is 10.2 Å². The summed E-state index contributed by atoms with van der Waals surface area (Å²) in [7, 11) is -3.36. The third kappa shape index (κ3) is 4.92. The highest BCUT2D eigenvalue weighted by atomic mass is 32.2. The lowest BCUT2D eigenvalue weighted by Gasteiger charge is -2.23. The Morgan fingerprint density at radius 3 is 2.83 bits per heavy atom. The normalized spacial score (nSPS) is 22.5. The summed E-state index contributed by atoms with van der Waals surface area (Å²) in [5, 5.41) is 2.80. The molecule has 1 fully saturated rings. The molecule has 0 aromatic carbocycles. The van der Waals surface area contributed by atoms with Crippen molar-refractivity contribution in [1.29, 1.82) is 0 Å². The van der Waals surface area contributed by atoms with Gasteiger partial charge in [0.05, 0.1) is 17.1 Å². The zero-order chi connectivity index (χ0) is 17.0. The van der Waals surface area contributed by atoms with Gasteiger partial charge in [0.2, 0.25) is 0 Å². The monoisotopic (exact) mass is 339 g/mol. The van der Waals surface area contributed by atoms with Crippen LogP contribution in [0.5, 0.6) is 0 Å². The van der Waals surface area contributed by atoms with Crippen LogP contribution in [-0.4, -0.2) is 43.7 Å². The lowest BCUT2D eigenvalue weighted by molar-refractivity contribution is 0.193. The third-order valence-electron chi connectivity index (χ3n) is 4.17. The smallest absolute Gasteiger partial charge is 0.317 e. The van der Waals surface area contributed by atoms with Crippen molar-refractivity contribution in [2.24, 2.45) is 11.8 Å². The third-order valence-corrected chi connectivity index (χ3v) is 5.34. The molecule has 128 valence electrons. The van der Waals surface area contributed by atoms with E-state index in [2.05, 4.69) is 24.1 Å². The van der Waals surface area contributed by atoms with Crippen LogP contribution < -0.4 is 5.32 Å². The van der Waals surface area contributed by atoms with Crippen molar-refractivity contribution in [3.05, 3.63) is 24.0 Å². The van der Waals surface area contributed by atoms with E-state index < -0.39 is 9.84 Å². The zero-order valence-electron chi connectivity index (χ0n) is 13.9. The molecule has 0 unspecified atom stereocenters. The van der Waals surface area contributed by atoms with Gasteiger partial charge >= 0.3 is 6.03 Å². The Kier molecular flexibility index (Phi) is 5.62. The van der Waals surface area contributed by atoms with Crippen LogP contribution in [-0.2, 0) is 16.4 Å². The maximum absolute atomic E-state index is 12.4. The summed E-state index contributed by atoms with van der Waals surface area (Å²) in [4.78, 5) is 18.5. The van der Waals surface area contributed by atoms with E-state index in [-0.39, 0.29) is 17.5 Å². The Morgan fingerprint density at radius 2 is 2.13 bits per heavy atom. The molecule has 1 aliphatic rings. The number of amides is 2. The van der Waals surface area contributed by atoms with Gasteiger partial charge in [-0.15, -0.1) is 0 Å². The van der Waals surface area contributed by atoms with Crippen LogP contribution >= 0.6 is 0 Å². The number of rotatable bonds is 3. The van der Waals surface area contributed by atoms with Gasteiger partial charge in [-0.1, -0.05) is 13.8 Å². The van der Waals surface area contributed by atoms with Crippen molar-refractivity contribution in [3.8, 4) is 0 Å². The highest BCUT2D eigenvalue weighted by Gasteiger charge is 2.23. The molecule has 6 nitrogen and oxygen atoms in total. The summed E-state index contributed by atoms with van der Waals surface area (Å²) in [5.74, 6) is 1.09. The van der Waals surface area contributed by atoms with Crippen molar-refractivity contribution in [1.82, 2.24) is 15.2 Å². The lowest BCUT2D eigenvalue weighted by atomic mass is 9.97. The van der Waals surface area contributed by atoms with E-state index in [0.717, 1.165) is 32.2 Å². The summed E-state index contributed by atoms with van der Waals surface area (Å²) in [5.41, 5.74) is 0.375. The first kappa shape index (κ1) is 17.7. The summed E-state index contributed by atoms with van der Waals surface area (Å²) in [6.45, 7) is 5.95. The minimum absolute atomic E-state index is 0.114. The maximum atomic E-state index is 12.4. The lowest BCUT2D eigenvalue weighted by Crippen LogP contribution is -2.41. The quantitative estimate of drug-likeness (QED) is 0.914. The highest BCUT2D eigenvalue weighted by Crippen LogP contribution is 2.21. The van der Waals surface area contributed by atoms with Crippen molar-refractivity contribution < 1.29 is 13.2 Å². The second-order valence-corrected chi connectivity index (χ2v) is 8.54. The van der Waals surface area contributed by atoms with Crippen molar-refractivity contribution in [2.75, 3.05) is 19.3 Å². The number of urea groups is 1. The molecule has 2 rings (SSSR count). The van der Waals surface area contributed by atoms with E-state index >= 15 is 0 Å². The molecule has 1 aliphatic heterocycles. The van der Waals surface area contributed by atoms with Crippen LogP contribution in [0.25, 0.3) is 0 Å². The summed E-state index contributed by atoms with van der Waals surface area (Å²) < 4.78 is 23.5. The van der Waals surface area contributed by atoms with Crippen molar-refractivity contribution in [2.45, 2.75) is 38.1 Å². The molecule has 2 heterocycles. The molecule has 7 heteroatoms. The predicted octanol–water partition coefficient (Wildman–Crippen LogP) is 2.06. The molecule has 1 aromatic heterocycles. The molecule has 0 spiro atoms. The van der Waals surface area contributed by atoms with Crippen LogP contribution in [0, 0.1) is 11.8 Å². The number of hydrogen-bond acceptors (Lipinski definition) is 4. The molecule has 1 saturated heterocycles. The van der Waals surface area contributed by atoms with Gasteiger partial charge in [0, 0.05) is 25.5 Å². The molecule has 23 heavy (non-hydrogen) atoms. The molecule has 2 amide bonds. The van der Waals surface area contributed by atoms with Crippen LogP contribution in [0.1, 0.15) is 32.4 Å². The van der Waals surface area contributed by atoms with E-state index in [1.807, 2.05) is 4.90 Å². The molecule has 1 N–H and O–H groups in total. The van der Waals surface area contributed by atoms with E-state index in [0.29, 0.717) is 17.5 Å². The summed E-state index contributed by atoms with van der Waals surface area (Å²) in [6, 6.07) is 2.94. The SMILES string of the molecule is C[C@@H]1CCN(C(=O)NCc2ncccc2S(C)(=O)=O)C[C@@H](C)C1. The molecular weight excluding hydrogens is 314 g/mol. The van der Waals surface area contributed by atoms with E-state index in [1.54, 1.807) is 6.07 Å². The molecule has 0 radical (unpaired) electrons. The molecule has 1 aromatic rings. The fourth-order valence-electron chi connectivity index (χ4n) is 3.07. The molecule has 2 atom stereocenters. The minimum atomic E-state index is -3.36. The van der Waals surface area contributed by atoms with E-state index in [4.69, 9.17) is 0 Å². The summed E-state index contributed by atoms with van der Waals surface area (Å²) in [6.07, 6.45) is 4.80. The van der Waals surface area contributed by atoms with E-state index in [9.17, 15) is 13.2 Å². The Bertz CT molecular complexity index is 660. The Labute approximate surface area is 138 Å². The topological polar surface area (TPSA) is 79.4 Å². The van der Waals surface area contributed by atoms with E-state index in [1.165, 1.54) is 12.3 Å². The van der Waals surface area contributed by atoms with Gasteiger partial charge in [0.25, 0.3) is 0 Å². The number of nitrogens with zero attached hydrogens (tertiary/aromatic N) is 2. The number of carbonyl (C=O) groups is 1. The van der Waals surface area contributed by atoms with Gasteiger partial charge in [0.15, 0.2) is 9.84 Å². The Morgan fingerprint density at radius 1 is 1.39 bits per heavy atom. The molecule has 0 aliphatic carbocycles. The number of likely N-dealkylation sites (tertiary alicyclic amines) is 1. The maximum Gasteiger partial charge on any atom is 0.317 e. The predicted molar refractivity (Wildman–Crippen MR) is 88.7 cm³/mol. The average Bonchev–Trinajstić information content (AvgIpc) is 2.64. The first-order valence-electron chi connectivity index (χ1n) is 7.94. The largest absolute Gasteiger partial charge is 0.332 e. The standard InChI is InChI=1S/C16H25N3O3S/c1-12-6-8-19(11-13(2)9-12)16(20)18-10-14-15(23(3,21)22)5-4-7-17-14/h4-5,7,12-13H,6,8-11H2,1-3H3,(H,18,20)/t12-,13+/m1/s1. The number of hydrogen-bond donors (Lipinski definition) is 1. The van der Waals surface area contributed by atoms with Gasteiger partial charge in [-0.05, 0) is 36.8 Å². The van der Waals surface area contributed by atoms with Crippen LogP contribution in [0.3, 0.4) is 0 Å². The number of aromatic nitrogens is 1. The van der Waals surface area contributed by atoms with Crippen LogP contribution in [0.2, 0.25) is 0 Å². The van der Waals surface area contributed by atoms with Crippen LogP contribution in [0.15, 0.2) is 23.2 Å². The van der Waals surface area contributed by atoms with Crippen molar-refractivity contribution >= 4 is 15.9 Å². The minimum Gasteiger partial charge on any atom is -0.332 e. The van der Waals surface area contributed by atoms with Gasteiger partial charge in [-0.25, -0.2) is 13.2 Å². The molecule has 0 saturated carbocycles. The van der Waals surface area contributed by atoms with Gasteiger partial charge in [-0.3, -0.25) is 4.98 Å².